The van der Waals surface area contributed by atoms with Crippen molar-refractivity contribution in [3.63, 3.8) is 0 Å². The topological polar surface area (TPSA) is 81.4 Å². The second-order valence-corrected chi connectivity index (χ2v) is 5.52. The van der Waals surface area contributed by atoms with Crippen molar-refractivity contribution >= 4 is 22.4 Å². The zero-order chi connectivity index (χ0) is 14.4. The second-order valence-electron chi connectivity index (χ2n) is 4.10. The molecule has 0 fully saturated rings. The standard InChI is InChI=1S/C12H17FN2O3S/c1-8(6-18-2)15-12(16)7-19(17)11-5-9(13)3-4-10(11)14/h3-5,8H,6-7,14H2,1-2H3,(H,15,16). The van der Waals surface area contributed by atoms with E-state index in [0.717, 1.165) is 6.07 Å². The van der Waals surface area contributed by atoms with Gasteiger partial charge in [0.25, 0.3) is 0 Å². The number of hydrogen-bond acceptors (Lipinski definition) is 4. The van der Waals surface area contributed by atoms with Crippen molar-refractivity contribution in [1.82, 2.24) is 5.32 Å². The number of amides is 1. The van der Waals surface area contributed by atoms with E-state index in [0.29, 0.717) is 6.61 Å². The Bertz CT molecular complexity index is 482. The van der Waals surface area contributed by atoms with E-state index < -0.39 is 22.5 Å². The summed E-state index contributed by atoms with van der Waals surface area (Å²) in [5.41, 5.74) is 5.81. The number of ether oxygens (including phenoxy) is 1. The third-order valence-electron chi connectivity index (χ3n) is 2.31. The highest BCUT2D eigenvalue weighted by Crippen LogP contribution is 2.17. The molecule has 0 heterocycles. The summed E-state index contributed by atoms with van der Waals surface area (Å²) in [4.78, 5) is 11.7. The molecule has 0 aliphatic carbocycles. The summed E-state index contributed by atoms with van der Waals surface area (Å²) < 4.78 is 29.9. The number of halogens is 1. The van der Waals surface area contributed by atoms with Gasteiger partial charge in [-0.25, -0.2) is 4.39 Å². The van der Waals surface area contributed by atoms with Gasteiger partial charge in [-0.3, -0.25) is 9.00 Å². The first kappa shape index (κ1) is 15.6. The normalized spacial score (nSPS) is 13.8. The zero-order valence-corrected chi connectivity index (χ0v) is 11.6. The number of rotatable bonds is 6. The predicted molar refractivity (Wildman–Crippen MR) is 71.6 cm³/mol. The Hall–Kier alpha value is -1.47. The number of carbonyl (C=O) groups excluding carboxylic acids is 1. The monoisotopic (exact) mass is 288 g/mol. The Balaban J connectivity index is 2.64. The third-order valence-corrected chi connectivity index (χ3v) is 3.68. The first-order valence-corrected chi connectivity index (χ1v) is 6.97. The quantitative estimate of drug-likeness (QED) is 0.754. The minimum atomic E-state index is -1.67. The van der Waals surface area contributed by atoms with Crippen molar-refractivity contribution in [2.75, 3.05) is 25.2 Å². The molecule has 0 aromatic heterocycles. The number of carbonyl (C=O) groups is 1. The minimum absolute atomic E-state index is 0.134. The van der Waals surface area contributed by atoms with Crippen LogP contribution in [0.4, 0.5) is 10.1 Å². The number of anilines is 1. The Morgan fingerprint density at radius 2 is 2.26 bits per heavy atom. The molecule has 7 heteroatoms. The van der Waals surface area contributed by atoms with Gasteiger partial charge in [-0.1, -0.05) is 0 Å². The first-order valence-electron chi connectivity index (χ1n) is 5.65. The highest BCUT2D eigenvalue weighted by atomic mass is 32.2. The van der Waals surface area contributed by atoms with Crippen LogP contribution in [0.15, 0.2) is 23.1 Å². The number of hydrogen-bond donors (Lipinski definition) is 2. The molecule has 1 aromatic rings. The van der Waals surface area contributed by atoms with Crippen molar-refractivity contribution in [2.24, 2.45) is 0 Å². The molecule has 1 amide bonds. The number of nitrogen functional groups attached to an aromatic ring is 1. The summed E-state index contributed by atoms with van der Waals surface area (Å²) in [6, 6.07) is 3.40. The smallest absolute Gasteiger partial charge is 0.233 e. The zero-order valence-electron chi connectivity index (χ0n) is 10.8. The fourth-order valence-electron chi connectivity index (χ4n) is 1.51. The van der Waals surface area contributed by atoms with E-state index in [4.69, 9.17) is 10.5 Å². The minimum Gasteiger partial charge on any atom is -0.398 e. The maximum atomic E-state index is 13.0. The average Bonchev–Trinajstić information content (AvgIpc) is 2.32. The van der Waals surface area contributed by atoms with Gasteiger partial charge in [0.2, 0.25) is 5.91 Å². The highest BCUT2D eigenvalue weighted by Gasteiger charge is 2.15. The van der Waals surface area contributed by atoms with Crippen LogP contribution in [-0.2, 0) is 20.3 Å². The molecule has 0 radical (unpaired) electrons. The Kier molecular flexibility index (Phi) is 5.91. The fraction of sp³-hybridized carbons (Fsp3) is 0.417. The van der Waals surface area contributed by atoms with Gasteiger partial charge < -0.3 is 15.8 Å². The van der Waals surface area contributed by atoms with Crippen LogP contribution in [0.1, 0.15) is 6.92 Å². The summed E-state index contributed by atoms with van der Waals surface area (Å²) in [5, 5.41) is 2.62. The molecule has 0 bridgehead atoms. The van der Waals surface area contributed by atoms with E-state index >= 15 is 0 Å². The summed E-state index contributed by atoms with van der Waals surface area (Å²) in [7, 11) is -0.151. The molecule has 2 atom stereocenters. The molecule has 0 aliphatic rings. The lowest BCUT2D eigenvalue weighted by molar-refractivity contribution is -0.119. The first-order chi connectivity index (χ1) is 8.93. The van der Waals surface area contributed by atoms with E-state index in [-0.39, 0.29) is 22.4 Å². The number of nitrogens with two attached hydrogens (primary N) is 1. The number of nitrogens with one attached hydrogen (secondary N) is 1. The van der Waals surface area contributed by atoms with E-state index in [2.05, 4.69) is 5.32 Å². The SMILES string of the molecule is COCC(C)NC(=O)CS(=O)c1cc(F)ccc1N. The van der Waals surface area contributed by atoms with Gasteiger partial charge in [0, 0.05) is 18.8 Å². The molecule has 106 valence electrons. The molecule has 0 aliphatic heterocycles. The second kappa shape index (κ2) is 7.20. The van der Waals surface area contributed by atoms with Gasteiger partial charge >= 0.3 is 0 Å². The highest BCUT2D eigenvalue weighted by molar-refractivity contribution is 7.86. The third kappa shape index (κ3) is 4.96. The number of methoxy groups -OCH3 is 1. The van der Waals surface area contributed by atoms with Gasteiger partial charge in [0.15, 0.2) is 0 Å². The van der Waals surface area contributed by atoms with Gasteiger partial charge in [-0.15, -0.1) is 0 Å². The molecule has 5 nitrogen and oxygen atoms in total. The molecule has 3 N–H and O–H groups in total. The van der Waals surface area contributed by atoms with Gasteiger partial charge in [0.05, 0.1) is 22.3 Å². The van der Waals surface area contributed by atoms with Crippen LogP contribution in [-0.4, -0.2) is 35.6 Å². The fourth-order valence-corrected chi connectivity index (χ4v) is 2.56. The van der Waals surface area contributed by atoms with E-state index in [1.807, 2.05) is 0 Å². The molecule has 1 aromatic carbocycles. The molecular formula is C12H17FN2O3S. The molecule has 2 unspecified atom stereocenters. The van der Waals surface area contributed by atoms with Crippen LogP contribution in [0, 0.1) is 5.82 Å². The maximum Gasteiger partial charge on any atom is 0.233 e. The van der Waals surface area contributed by atoms with Crippen LogP contribution in [0.5, 0.6) is 0 Å². The maximum absolute atomic E-state index is 13.0. The number of benzene rings is 1. The van der Waals surface area contributed by atoms with E-state index in [1.54, 1.807) is 6.92 Å². The summed E-state index contributed by atoms with van der Waals surface area (Å²) in [6.45, 7) is 2.13. The average molecular weight is 288 g/mol. The van der Waals surface area contributed by atoms with Crippen molar-refractivity contribution in [1.29, 1.82) is 0 Å². The van der Waals surface area contributed by atoms with Crippen LogP contribution >= 0.6 is 0 Å². The molecule has 0 saturated carbocycles. The van der Waals surface area contributed by atoms with Crippen molar-refractivity contribution in [3.05, 3.63) is 24.0 Å². The Morgan fingerprint density at radius 1 is 1.58 bits per heavy atom. The lowest BCUT2D eigenvalue weighted by Crippen LogP contribution is -2.38. The van der Waals surface area contributed by atoms with Crippen LogP contribution in [0.2, 0.25) is 0 Å². The molecule has 0 spiro atoms. The van der Waals surface area contributed by atoms with Crippen molar-refractivity contribution < 1.29 is 18.1 Å². The lowest BCUT2D eigenvalue weighted by atomic mass is 10.3. The van der Waals surface area contributed by atoms with Crippen molar-refractivity contribution in [2.45, 2.75) is 17.9 Å². The summed E-state index contributed by atoms with van der Waals surface area (Å²) >= 11 is 0. The Morgan fingerprint density at radius 3 is 2.89 bits per heavy atom. The lowest BCUT2D eigenvalue weighted by Gasteiger charge is -2.12. The van der Waals surface area contributed by atoms with Crippen LogP contribution < -0.4 is 11.1 Å². The predicted octanol–water partition coefficient (Wildman–Crippen LogP) is 0.667. The molecule has 1 rings (SSSR count). The molecular weight excluding hydrogens is 271 g/mol. The van der Waals surface area contributed by atoms with Gasteiger partial charge in [-0.2, -0.15) is 0 Å². The van der Waals surface area contributed by atoms with Gasteiger partial charge in [0.1, 0.15) is 11.6 Å². The molecule has 19 heavy (non-hydrogen) atoms. The van der Waals surface area contributed by atoms with Gasteiger partial charge in [-0.05, 0) is 25.1 Å². The molecule has 0 saturated heterocycles. The van der Waals surface area contributed by atoms with Crippen molar-refractivity contribution in [3.8, 4) is 0 Å². The largest absolute Gasteiger partial charge is 0.398 e. The Labute approximate surface area is 113 Å². The summed E-state index contributed by atoms with van der Waals surface area (Å²) in [5.74, 6) is -1.20. The van der Waals surface area contributed by atoms with E-state index in [1.165, 1.54) is 19.2 Å². The summed E-state index contributed by atoms with van der Waals surface area (Å²) in [6.07, 6.45) is 0. The van der Waals surface area contributed by atoms with E-state index in [9.17, 15) is 13.4 Å². The van der Waals surface area contributed by atoms with Crippen LogP contribution in [0.25, 0.3) is 0 Å². The van der Waals surface area contributed by atoms with Crippen LogP contribution in [0.3, 0.4) is 0 Å².